The second-order valence-corrected chi connectivity index (χ2v) is 5.64. The molecule has 0 radical (unpaired) electrons. The molecule has 3 heteroatoms. The Bertz CT molecular complexity index is 745. The molecule has 0 N–H and O–H groups in total. The summed E-state index contributed by atoms with van der Waals surface area (Å²) >= 11 is 0. The lowest BCUT2D eigenvalue weighted by molar-refractivity contribution is 0.0633. The predicted molar refractivity (Wildman–Crippen MR) is 86.5 cm³/mol. The molecular formula is C19H17NO2. The van der Waals surface area contributed by atoms with Crippen LogP contribution in [-0.2, 0) is 0 Å². The molecule has 0 saturated carbocycles. The van der Waals surface area contributed by atoms with Crippen LogP contribution in [0.4, 0.5) is 0 Å². The number of amides is 2. The Labute approximate surface area is 129 Å². The molecule has 1 unspecified atom stereocenters. The van der Waals surface area contributed by atoms with Gasteiger partial charge in [-0.2, -0.15) is 0 Å². The molecule has 0 saturated heterocycles. The van der Waals surface area contributed by atoms with E-state index in [0.29, 0.717) is 11.1 Å². The summed E-state index contributed by atoms with van der Waals surface area (Å²) in [5, 5.41) is 0. The number of fused-ring (bicyclic) bond motifs is 1. The molecule has 1 aliphatic carbocycles. The maximum absolute atomic E-state index is 12.6. The van der Waals surface area contributed by atoms with Crippen molar-refractivity contribution >= 4 is 11.8 Å². The first-order valence-corrected chi connectivity index (χ1v) is 7.20. The predicted octanol–water partition coefficient (Wildman–Crippen LogP) is 3.67. The fourth-order valence-corrected chi connectivity index (χ4v) is 2.78. The third-order valence-electron chi connectivity index (χ3n) is 4.04. The fraction of sp³-hybridized carbons (Fsp3) is 0.158. The van der Waals surface area contributed by atoms with Crippen molar-refractivity contribution < 1.29 is 9.59 Å². The minimum Gasteiger partial charge on any atom is -0.269 e. The summed E-state index contributed by atoms with van der Waals surface area (Å²) in [5.74, 6) is -0.477. The van der Waals surface area contributed by atoms with Crippen LogP contribution < -0.4 is 0 Å². The summed E-state index contributed by atoms with van der Waals surface area (Å²) in [6.07, 6.45) is 7.73. The molecule has 110 valence electrons. The quantitative estimate of drug-likeness (QED) is 0.780. The van der Waals surface area contributed by atoms with E-state index in [-0.39, 0.29) is 17.9 Å². The van der Waals surface area contributed by atoms with E-state index in [0.717, 1.165) is 16.7 Å². The first kappa shape index (κ1) is 14.3. The highest BCUT2D eigenvalue weighted by atomic mass is 16.2. The lowest BCUT2D eigenvalue weighted by Crippen LogP contribution is -2.39. The molecule has 0 fully saturated rings. The highest BCUT2D eigenvalue weighted by molar-refractivity contribution is 6.21. The molecule has 0 bridgehead atoms. The van der Waals surface area contributed by atoms with Gasteiger partial charge in [0.1, 0.15) is 0 Å². The van der Waals surface area contributed by atoms with E-state index < -0.39 is 0 Å². The van der Waals surface area contributed by atoms with E-state index in [9.17, 15) is 9.59 Å². The lowest BCUT2D eigenvalue weighted by Gasteiger charge is -2.24. The van der Waals surface area contributed by atoms with Crippen LogP contribution in [-0.4, -0.2) is 22.8 Å². The zero-order valence-electron chi connectivity index (χ0n) is 12.7. The number of hydrogen-bond donors (Lipinski definition) is 0. The largest absolute Gasteiger partial charge is 0.269 e. The van der Waals surface area contributed by atoms with Gasteiger partial charge in [-0.25, -0.2) is 0 Å². The number of rotatable bonds is 2. The van der Waals surface area contributed by atoms with Gasteiger partial charge in [-0.05, 0) is 43.2 Å². The Hall–Kier alpha value is -2.68. The van der Waals surface area contributed by atoms with Crippen LogP contribution in [0.15, 0.2) is 71.9 Å². The molecule has 1 aromatic rings. The molecule has 22 heavy (non-hydrogen) atoms. The van der Waals surface area contributed by atoms with Crippen LogP contribution >= 0.6 is 0 Å². The summed E-state index contributed by atoms with van der Waals surface area (Å²) in [5.41, 5.74) is 3.74. The lowest BCUT2D eigenvalue weighted by atomic mass is 10.0. The highest BCUT2D eigenvalue weighted by Crippen LogP contribution is 2.29. The first-order chi connectivity index (χ1) is 10.5. The monoisotopic (exact) mass is 291 g/mol. The van der Waals surface area contributed by atoms with Crippen molar-refractivity contribution in [1.82, 2.24) is 4.90 Å². The van der Waals surface area contributed by atoms with Crippen molar-refractivity contribution in [3.05, 3.63) is 83.0 Å². The van der Waals surface area contributed by atoms with Gasteiger partial charge in [-0.1, -0.05) is 42.5 Å². The Morgan fingerprint density at radius 1 is 1.14 bits per heavy atom. The molecule has 0 spiro atoms. The van der Waals surface area contributed by atoms with Gasteiger partial charge in [0, 0.05) is 0 Å². The topological polar surface area (TPSA) is 37.4 Å². The average Bonchev–Trinajstić information content (AvgIpc) is 2.64. The van der Waals surface area contributed by atoms with Crippen molar-refractivity contribution in [2.75, 3.05) is 0 Å². The normalized spacial score (nSPS) is 20.5. The zero-order valence-corrected chi connectivity index (χ0v) is 12.7. The van der Waals surface area contributed by atoms with Gasteiger partial charge in [0.15, 0.2) is 0 Å². The third-order valence-corrected chi connectivity index (χ3v) is 4.04. The summed E-state index contributed by atoms with van der Waals surface area (Å²) in [7, 11) is 0. The number of carbonyl (C=O) groups is 2. The molecule has 1 aromatic carbocycles. The second kappa shape index (κ2) is 5.26. The van der Waals surface area contributed by atoms with Crippen LogP contribution in [0.3, 0.4) is 0 Å². The molecule has 1 heterocycles. The molecule has 1 aliphatic heterocycles. The van der Waals surface area contributed by atoms with E-state index in [1.165, 1.54) is 4.90 Å². The van der Waals surface area contributed by atoms with Crippen LogP contribution in [0.25, 0.3) is 0 Å². The van der Waals surface area contributed by atoms with E-state index in [4.69, 9.17) is 0 Å². The average molecular weight is 291 g/mol. The van der Waals surface area contributed by atoms with Gasteiger partial charge in [0.2, 0.25) is 0 Å². The molecule has 0 aromatic heterocycles. The fourth-order valence-electron chi connectivity index (χ4n) is 2.78. The number of nitrogens with zero attached hydrogens (tertiary/aromatic N) is 1. The minimum atomic E-state index is -0.380. The van der Waals surface area contributed by atoms with Crippen LogP contribution in [0.5, 0.6) is 0 Å². The molecule has 2 aliphatic rings. The number of imide groups is 1. The van der Waals surface area contributed by atoms with Crippen LogP contribution in [0.2, 0.25) is 0 Å². The van der Waals surface area contributed by atoms with E-state index in [1.54, 1.807) is 24.3 Å². The highest BCUT2D eigenvalue weighted by Gasteiger charge is 2.39. The van der Waals surface area contributed by atoms with E-state index in [1.807, 2.05) is 38.2 Å². The minimum absolute atomic E-state index is 0.238. The van der Waals surface area contributed by atoms with Crippen LogP contribution in [0, 0.1) is 0 Å². The van der Waals surface area contributed by atoms with Gasteiger partial charge in [-0.3, -0.25) is 14.5 Å². The maximum atomic E-state index is 12.6. The number of carbonyl (C=O) groups excluding carboxylic acids is 2. The number of allylic oxidation sites excluding steroid dienone is 5. The molecule has 2 amide bonds. The number of hydrogen-bond acceptors (Lipinski definition) is 2. The zero-order chi connectivity index (χ0) is 15.9. The Morgan fingerprint density at radius 3 is 2.27 bits per heavy atom. The van der Waals surface area contributed by atoms with Gasteiger partial charge < -0.3 is 0 Å². The third kappa shape index (κ3) is 2.15. The van der Waals surface area contributed by atoms with E-state index >= 15 is 0 Å². The van der Waals surface area contributed by atoms with E-state index in [2.05, 4.69) is 6.58 Å². The van der Waals surface area contributed by atoms with Crippen molar-refractivity contribution in [2.24, 2.45) is 0 Å². The van der Waals surface area contributed by atoms with Gasteiger partial charge in [0.05, 0.1) is 17.2 Å². The van der Waals surface area contributed by atoms with Gasteiger partial charge >= 0.3 is 0 Å². The van der Waals surface area contributed by atoms with Crippen LogP contribution in [0.1, 0.15) is 34.6 Å². The Morgan fingerprint density at radius 2 is 1.73 bits per heavy atom. The van der Waals surface area contributed by atoms with Crippen molar-refractivity contribution in [1.29, 1.82) is 0 Å². The molecule has 3 rings (SSSR count). The van der Waals surface area contributed by atoms with Crippen molar-refractivity contribution in [3.8, 4) is 0 Å². The van der Waals surface area contributed by atoms with Gasteiger partial charge in [-0.15, -0.1) is 0 Å². The maximum Gasteiger partial charge on any atom is 0.262 e. The second-order valence-electron chi connectivity index (χ2n) is 5.64. The summed E-state index contributed by atoms with van der Waals surface area (Å²) < 4.78 is 0. The summed E-state index contributed by atoms with van der Waals surface area (Å²) in [4.78, 5) is 26.6. The van der Waals surface area contributed by atoms with Crippen molar-refractivity contribution in [3.63, 3.8) is 0 Å². The number of benzene rings is 1. The first-order valence-electron chi connectivity index (χ1n) is 7.20. The SMILES string of the molecule is C=C(C)C1=CC(N2C(=O)c3ccccc3C2=O)C(C)=CC=C1. The Kier molecular flexibility index (Phi) is 3.41. The molecule has 1 atom stereocenters. The Balaban J connectivity index is 2.08. The smallest absolute Gasteiger partial charge is 0.262 e. The van der Waals surface area contributed by atoms with Gasteiger partial charge in [0.25, 0.3) is 11.8 Å². The summed E-state index contributed by atoms with van der Waals surface area (Å²) in [6, 6.07) is 6.58. The molecule has 3 nitrogen and oxygen atoms in total. The standard InChI is InChI=1S/C19H17NO2/c1-12(2)14-8-6-7-13(3)17(11-14)20-18(21)15-9-4-5-10-16(15)19(20)22/h4-11,17H,1H2,2-3H3. The molecular weight excluding hydrogens is 274 g/mol. The summed E-state index contributed by atoms with van der Waals surface area (Å²) in [6.45, 7) is 7.79. The van der Waals surface area contributed by atoms with Crippen molar-refractivity contribution in [2.45, 2.75) is 19.9 Å².